The van der Waals surface area contributed by atoms with Gasteiger partial charge in [-0.3, -0.25) is 0 Å². The fourth-order valence-electron chi connectivity index (χ4n) is 0.704. The van der Waals surface area contributed by atoms with Crippen molar-refractivity contribution >= 4 is 35.8 Å². The molecule has 2 N–H and O–H groups in total. The molecular formula is C16H16O10. The highest BCUT2D eigenvalue weighted by Crippen LogP contribution is 1.96. The van der Waals surface area contributed by atoms with Gasteiger partial charge in [0.25, 0.3) is 0 Å². The van der Waals surface area contributed by atoms with Crippen molar-refractivity contribution in [3.63, 3.8) is 0 Å². The van der Waals surface area contributed by atoms with E-state index in [1.54, 1.807) is 0 Å². The smallest absolute Gasteiger partial charge is 0.340 e. The van der Waals surface area contributed by atoms with E-state index in [2.05, 4.69) is 22.6 Å². The molecule has 0 rings (SSSR count). The Labute approximate surface area is 147 Å². The lowest BCUT2D eigenvalue weighted by molar-refractivity contribution is -0.156. The highest BCUT2D eigenvalue weighted by Gasteiger charge is 2.11. The van der Waals surface area contributed by atoms with E-state index in [1.165, 1.54) is 13.8 Å². The molecule has 0 radical (unpaired) electrons. The Hall–Kier alpha value is -3.82. The van der Waals surface area contributed by atoms with Gasteiger partial charge in [-0.25, -0.2) is 28.8 Å². The Balaban J connectivity index is 0. The molecule has 0 aromatic heterocycles. The number of carboxylic acids is 2. The number of hydrogen-bond acceptors (Lipinski definition) is 8. The highest BCUT2D eigenvalue weighted by atomic mass is 16.6. The van der Waals surface area contributed by atoms with Crippen LogP contribution in [0.25, 0.3) is 0 Å². The second kappa shape index (κ2) is 12.6. The van der Waals surface area contributed by atoms with Gasteiger partial charge in [0.05, 0.1) is 0 Å². The maximum atomic E-state index is 11.0. The van der Waals surface area contributed by atoms with Crippen LogP contribution in [0.4, 0.5) is 0 Å². The number of esters is 4. The van der Waals surface area contributed by atoms with Crippen LogP contribution in [0.15, 0.2) is 48.6 Å². The van der Waals surface area contributed by atoms with E-state index in [0.29, 0.717) is 24.3 Å². The first-order chi connectivity index (χ1) is 11.9. The molecule has 0 aromatic carbocycles. The van der Waals surface area contributed by atoms with Crippen molar-refractivity contribution < 1.29 is 48.5 Å². The average molecular weight is 368 g/mol. The van der Waals surface area contributed by atoms with Crippen LogP contribution in [0.3, 0.4) is 0 Å². The topological polar surface area (TPSA) is 161 Å². The Morgan fingerprint density at radius 2 is 0.923 bits per heavy atom. The number of rotatable bonds is 6. The molecule has 140 valence electrons. The first kappa shape index (κ1) is 24.4. The highest BCUT2D eigenvalue weighted by molar-refractivity contribution is 6.03. The van der Waals surface area contributed by atoms with Gasteiger partial charge in [-0.15, -0.1) is 0 Å². The fourth-order valence-corrected chi connectivity index (χ4v) is 0.704. The number of aliphatic carboxylic acids is 2. The van der Waals surface area contributed by atoms with Crippen molar-refractivity contribution in [3.05, 3.63) is 48.6 Å². The quantitative estimate of drug-likeness (QED) is 0.384. The SMILES string of the molecule is C=C(C)C(=O)OC(=O)/C=C\C(=O)OC(=O)C(=C)C.O=C(O)/C=C\C(=O)O. The fraction of sp³-hybridized carbons (Fsp3) is 0.125. The van der Waals surface area contributed by atoms with Crippen LogP contribution in [0.5, 0.6) is 0 Å². The van der Waals surface area contributed by atoms with Crippen molar-refractivity contribution in [1.29, 1.82) is 0 Å². The minimum Gasteiger partial charge on any atom is -0.478 e. The maximum Gasteiger partial charge on any atom is 0.340 e. The second-order valence-electron chi connectivity index (χ2n) is 4.32. The molecule has 0 aliphatic carbocycles. The summed E-state index contributed by atoms with van der Waals surface area (Å²) < 4.78 is 8.48. The van der Waals surface area contributed by atoms with Crippen LogP contribution >= 0.6 is 0 Å². The zero-order valence-electron chi connectivity index (χ0n) is 13.9. The average Bonchev–Trinajstić information content (AvgIpc) is 2.51. The summed E-state index contributed by atoms with van der Waals surface area (Å²) in [5.41, 5.74) is 0.0774. The standard InChI is InChI=1S/C12H12O6.C4H4O4/c1-7(2)11(15)17-9(13)5-6-10(14)18-12(16)8(3)4;5-3(6)1-2-4(7)8/h5-6H,1,3H2,2,4H3;1-2H,(H,5,6)(H,7,8)/b6-5-;2-1-. The molecule has 0 aromatic rings. The number of carbonyl (C=O) groups excluding carboxylic acids is 4. The third-order valence-electron chi connectivity index (χ3n) is 1.81. The summed E-state index contributed by atoms with van der Waals surface area (Å²) in [6, 6.07) is 0. The third kappa shape index (κ3) is 15.1. The molecule has 0 spiro atoms. The van der Waals surface area contributed by atoms with Gasteiger partial charge in [0.15, 0.2) is 0 Å². The second-order valence-corrected chi connectivity index (χ2v) is 4.32. The summed E-state index contributed by atoms with van der Waals surface area (Å²) in [5.74, 6) is -6.46. The summed E-state index contributed by atoms with van der Waals surface area (Å²) in [5, 5.41) is 15.6. The maximum absolute atomic E-state index is 11.0. The van der Waals surface area contributed by atoms with Crippen LogP contribution in [0.2, 0.25) is 0 Å². The van der Waals surface area contributed by atoms with Crippen LogP contribution < -0.4 is 0 Å². The summed E-state index contributed by atoms with van der Waals surface area (Å²) in [4.78, 5) is 62.9. The van der Waals surface area contributed by atoms with Gasteiger partial charge in [-0.2, -0.15) is 0 Å². The summed E-state index contributed by atoms with van der Waals surface area (Å²) in [6.07, 6.45) is 2.44. The molecule has 0 atom stereocenters. The summed E-state index contributed by atoms with van der Waals surface area (Å²) in [6.45, 7) is 9.25. The lowest BCUT2D eigenvalue weighted by atomic mass is 10.3. The van der Waals surface area contributed by atoms with E-state index < -0.39 is 35.8 Å². The van der Waals surface area contributed by atoms with E-state index in [1.807, 2.05) is 0 Å². The molecule has 0 fully saturated rings. The molecule has 0 saturated carbocycles. The van der Waals surface area contributed by atoms with E-state index in [-0.39, 0.29) is 11.1 Å². The minimum atomic E-state index is -1.26. The normalized spacial score (nSPS) is 9.62. The molecule has 0 unspecified atom stereocenters. The molecule has 0 bridgehead atoms. The van der Waals surface area contributed by atoms with E-state index in [9.17, 15) is 28.8 Å². The van der Waals surface area contributed by atoms with Crippen LogP contribution in [0, 0.1) is 0 Å². The number of hydrogen-bond donors (Lipinski definition) is 2. The first-order valence-corrected chi connectivity index (χ1v) is 6.52. The van der Waals surface area contributed by atoms with Gasteiger partial charge in [0, 0.05) is 35.5 Å². The van der Waals surface area contributed by atoms with Crippen molar-refractivity contribution in [3.8, 4) is 0 Å². The predicted octanol–water partition coefficient (Wildman–Crippen LogP) is 0.546. The van der Waals surface area contributed by atoms with Crippen molar-refractivity contribution in [2.75, 3.05) is 0 Å². The van der Waals surface area contributed by atoms with E-state index >= 15 is 0 Å². The molecule has 26 heavy (non-hydrogen) atoms. The van der Waals surface area contributed by atoms with Crippen LogP contribution in [-0.2, 0) is 38.2 Å². The van der Waals surface area contributed by atoms with Crippen LogP contribution in [-0.4, -0.2) is 46.0 Å². The molecular weight excluding hydrogens is 352 g/mol. The summed E-state index contributed by atoms with van der Waals surface area (Å²) >= 11 is 0. The largest absolute Gasteiger partial charge is 0.478 e. The molecule has 10 nitrogen and oxygen atoms in total. The number of carbonyl (C=O) groups is 6. The molecule has 0 saturated heterocycles. The Kier molecular flexibility index (Phi) is 11.8. The van der Waals surface area contributed by atoms with Gasteiger partial charge >= 0.3 is 35.8 Å². The number of ether oxygens (including phenoxy) is 2. The molecule has 10 heteroatoms. The Morgan fingerprint density at radius 3 is 1.12 bits per heavy atom. The van der Waals surface area contributed by atoms with Crippen molar-refractivity contribution in [1.82, 2.24) is 0 Å². The lowest BCUT2D eigenvalue weighted by Gasteiger charge is -1.98. The minimum absolute atomic E-state index is 0.0387. The number of carboxylic acid groups (broad SMARTS) is 2. The third-order valence-corrected chi connectivity index (χ3v) is 1.81. The summed E-state index contributed by atoms with van der Waals surface area (Å²) in [7, 11) is 0. The Bertz CT molecular complexity index is 636. The Morgan fingerprint density at radius 1 is 0.654 bits per heavy atom. The van der Waals surface area contributed by atoms with Gasteiger partial charge in [0.1, 0.15) is 0 Å². The molecule has 0 amide bonds. The monoisotopic (exact) mass is 368 g/mol. The first-order valence-electron chi connectivity index (χ1n) is 6.52. The predicted molar refractivity (Wildman–Crippen MR) is 85.4 cm³/mol. The molecule has 0 aliphatic heterocycles. The van der Waals surface area contributed by atoms with Gasteiger partial charge in [-0.1, -0.05) is 13.2 Å². The van der Waals surface area contributed by atoms with E-state index in [0.717, 1.165) is 0 Å². The van der Waals surface area contributed by atoms with Crippen molar-refractivity contribution in [2.24, 2.45) is 0 Å². The zero-order chi connectivity index (χ0) is 20.9. The van der Waals surface area contributed by atoms with E-state index in [4.69, 9.17) is 10.2 Å². The van der Waals surface area contributed by atoms with Gasteiger partial charge in [-0.05, 0) is 13.8 Å². The van der Waals surface area contributed by atoms with Gasteiger partial charge < -0.3 is 19.7 Å². The van der Waals surface area contributed by atoms with Gasteiger partial charge in [0.2, 0.25) is 0 Å². The lowest BCUT2D eigenvalue weighted by Crippen LogP contribution is -2.13. The molecule has 0 heterocycles. The van der Waals surface area contributed by atoms with Crippen LogP contribution in [0.1, 0.15) is 13.8 Å². The molecule has 0 aliphatic rings. The zero-order valence-corrected chi connectivity index (χ0v) is 13.9. The van der Waals surface area contributed by atoms with Crippen molar-refractivity contribution in [2.45, 2.75) is 13.8 Å².